The molecule has 0 radical (unpaired) electrons. The zero-order valence-corrected chi connectivity index (χ0v) is 14.8. The molecule has 0 unspecified atom stereocenters. The maximum absolute atomic E-state index is 12.7. The number of nitriles is 1. The molecule has 2 aromatic carbocycles. The fourth-order valence-electron chi connectivity index (χ4n) is 2.65. The predicted molar refractivity (Wildman–Crippen MR) is 100 cm³/mol. The van der Waals surface area contributed by atoms with E-state index >= 15 is 0 Å². The number of thioether (sulfide) groups is 1. The molecule has 2 heterocycles. The summed E-state index contributed by atoms with van der Waals surface area (Å²) in [6.45, 7) is 0. The minimum atomic E-state index is -0.384. The quantitative estimate of drug-likeness (QED) is 0.521. The Morgan fingerprint density at radius 1 is 1.16 bits per heavy atom. The summed E-state index contributed by atoms with van der Waals surface area (Å²) in [7, 11) is 0. The third-order valence-electron chi connectivity index (χ3n) is 3.82. The molecular formula is C18H12N4OS2. The second-order valence-electron chi connectivity index (χ2n) is 5.27. The molecule has 5 nitrogen and oxygen atoms in total. The fourth-order valence-corrected chi connectivity index (χ4v) is 4.19. The summed E-state index contributed by atoms with van der Waals surface area (Å²) < 4.78 is 1.37. The number of fused-ring (bicyclic) bond motifs is 2. The van der Waals surface area contributed by atoms with Gasteiger partial charge in [0.1, 0.15) is 11.1 Å². The lowest BCUT2D eigenvalue weighted by Crippen LogP contribution is -2.27. The molecule has 4 rings (SSSR count). The molecule has 3 aromatic rings. The van der Waals surface area contributed by atoms with E-state index in [9.17, 15) is 10.1 Å². The van der Waals surface area contributed by atoms with Crippen molar-refractivity contribution in [3.8, 4) is 6.07 Å². The Labute approximate surface area is 152 Å². The van der Waals surface area contributed by atoms with Gasteiger partial charge in [0.25, 0.3) is 5.56 Å². The first-order valence-corrected chi connectivity index (χ1v) is 9.51. The summed E-state index contributed by atoms with van der Waals surface area (Å²) in [5, 5.41) is 12.9. The van der Waals surface area contributed by atoms with Crippen molar-refractivity contribution in [1.82, 2.24) is 9.78 Å². The summed E-state index contributed by atoms with van der Waals surface area (Å²) >= 11 is 2.95. The van der Waals surface area contributed by atoms with E-state index in [1.807, 2.05) is 60.9 Å². The highest BCUT2D eigenvalue weighted by Crippen LogP contribution is 2.40. The standard InChI is InChI=1S/C18H12N4OS2/c1-24-17-12(10-19)18(23)22(21-17)16-11-6-2-4-8-14(11)25-15-9-5-3-7-13(15)20-16/h2-9,21H,1H3. The van der Waals surface area contributed by atoms with E-state index in [4.69, 9.17) is 4.99 Å². The summed E-state index contributed by atoms with van der Waals surface area (Å²) in [5.41, 5.74) is 1.37. The molecule has 25 heavy (non-hydrogen) atoms. The van der Waals surface area contributed by atoms with E-state index in [1.165, 1.54) is 16.4 Å². The van der Waals surface area contributed by atoms with Crippen molar-refractivity contribution in [3.05, 3.63) is 70.0 Å². The number of aromatic nitrogens is 2. The van der Waals surface area contributed by atoms with Gasteiger partial charge in [-0.05, 0) is 24.5 Å². The molecule has 0 atom stereocenters. The van der Waals surface area contributed by atoms with Gasteiger partial charge < -0.3 is 0 Å². The van der Waals surface area contributed by atoms with Crippen LogP contribution in [0, 0.1) is 11.3 Å². The lowest BCUT2D eigenvalue weighted by molar-refractivity contribution is 0.858. The number of hydrogen-bond donors (Lipinski definition) is 1. The Bertz CT molecular complexity index is 1100. The molecule has 0 saturated carbocycles. The fraction of sp³-hybridized carbons (Fsp3) is 0.0556. The van der Waals surface area contributed by atoms with Crippen LogP contribution in [0.25, 0.3) is 0 Å². The van der Waals surface area contributed by atoms with Gasteiger partial charge in [-0.25, -0.2) is 4.99 Å². The van der Waals surface area contributed by atoms with Gasteiger partial charge in [-0.1, -0.05) is 42.1 Å². The molecule has 0 fully saturated rings. The van der Waals surface area contributed by atoms with Gasteiger partial charge in [0.2, 0.25) is 0 Å². The third-order valence-corrected chi connectivity index (χ3v) is 5.67. The molecule has 0 saturated heterocycles. The maximum atomic E-state index is 12.7. The van der Waals surface area contributed by atoms with Gasteiger partial charge in [-0.15, -0.1) is 11.8 Å². The number of nitrogens with zero attached hydrogens (tertiary/aromatic N) is 3. The molecule has 1 aromatic heterocycles. The van der Waals surface area contributed by atoms with Crippen molar-refractivity contribution < 1.29 is 0 Å². The molecule has 1 N–H and O–H groups in total. The van der Waals surface area contributed by atoms with Crippen molar-refractivity contribution in [3.63, 3.8) is 0 Å². The summed E-state index contributed by atoms with van der Waals surface area (Å²) in [6.07, 6.45) is 1.82. The number of hydrogen-bond acceptors (Lipinski definition) is 5. The van der Waals surface area contributed by atoms with Crippen LogP contribution in [-0.4, -0.2) is 21.9 Å². The minimum absolute atomic E-state index is 0.109. The third kappa shape index (κ3) is 2.60. The molecule has 0 bridgehead atoms. The number of benzene rings is 2. The highest BCUT2D eigenvalue weighted by molar-refractivity contribution is 7.99. The number of rotatable bonds is 1. The monoisotopic (exact) mass is 364 g/mol. The molecule has 0 aliphatic carbocycles. The Hall–Kier alpha value is -2.69. The maximum Gasteiger partial charge on any atom is 0.291 e. The van der Waals surface area contributed by atoms with Crippen molar-refractivity contribution in [2.45, 2.75) is 14.8 Å². The molecule has 122 valence electrons. The van der Waals surface area contributed by atoms with Gasteiger partial charge in [-0.2, -0.15) is 9.94 Å². The van der Waals surface area contributed by atoms with Crippen LogP contribution in [0.4, 0.5) is 5.69 Å². The van der Waals surface area contributed by atoms with Crippen molar-refractivity contribution in [2.24, 2.45) is 4.99 Å². The number of aromatic amines is 1. The van der Waals surface area contributed by atoms with Crippen LogP contribution in [0.15, 0.2) is 73.1 Å². The Kier molecular flexibility index (Phi) is 3.99. The largest absolute Gasteiger partial charge is 0.291 e. The predicted octanol–water partition coefficient (Wildman–Crippen LogP) is 3.86. The van der Waals surface area contributed by atoms with Crippen molar-refractivity contribution >= 4 is 35.0 Å². The van der Waals surface area contributed by atoms with Crippen molar-refractivity contribution in [2.75, 3.05) is 6.26 Å². The lowest BCUT2D eigenvalue weighted by Gasteiger charge is -2.08. The number of para-hydroxylation sites is 1. The van der Waals surface area contributed by atoms with Gasteiger partial charge >= 0.3 is 0 Å². The zero-order valence-electron chi connectivity index (χ0n) is 13.2. The molecule has 0 amide bonds. The highest BCUT2D eigenvalue weighted by Gasteiger charge is 2.23. The van der Waals surface area contributed by atoms with Crippen LogP contribution in [0.1, 0.15) is 11.1 Å². The Morgan fingerprint density at radius 3 is 2.60 bits per heavy atom. The Balaban J connectivity index is 2.04. The van der Waals surface area contributed by atoms with Crippen molar-refractivity contribution in [1.29, 1.82) is 5.26 Å². The normalized spacial score (nSPS) is 12.6. The first-order valence-electron chi connectivity index (χ1n) is 7.47. The molecule has 1 aliphatic rings. The van der Waals surface area contributed by atoms with E-state index in [0.717, 1.165) is 21.0 Å². The minimum Gasteiger partial charge on any atom is -0.282 e. The SMILES string of the molecule is CSc1[nH]n(C2=Nc3ccccc3Sc3ccccc32)c(=O)c1C#N. The van der Waals surface area contributed by atoms with Crippen LogP contribution in [-0.2, 0) is 0 Å². The van der Waals surface area contributed by atoms with Crippen LogP contribution in [0.5, 0.6) is 0 Å². The summed E-state index contributed by atoms with van der Waals surface area (Å²) in [4.78, 5) is 19.5. The summed E-state index contributed by atoms with van der Waals surface area (Å²) in [5.74, 6) is 0.495. The Morgan fingerprint density at radius 2 is 1.88 bits per heavy atom. The van der Waals surface area contributed by atoms with Crippen LogP contribution in [0.2, 0.25) is 0 Å². The van der Waals surface area contributed by atoms with Crippen LogP contribution in [0.3, 0.4) is 0 Å². The first kappa shape index (κ1) is 15.8. The second-order valence-corrected chi connectivity index (χ2v) is 7.17. The topological polar surface area (TPSA) is 73.9 Å². The average Bonchev–Trinajstić information content (AvgIpc) is 2.86. The van der Waals surface area contributed by atoms with E-state index in [2.05, 4.69) is 5.10 Å². The molecule has 1 aliphatic heterocycles. The highest BCUT2D eigenvalue weighted by atomic mass is 32.2. The van der Waals surface area contributed by atoms with E-state index in [-0.39, 0.29) is 11.1 Å². The smallest absolute Gasteiger partial charge is 0.282 e. The second kappa shape index (κ2) is 6.31. The zero-order chi connectivity index (χ0) is 17.4. The van der Waals surface area contributed by atoms with E-state index in [1.54, 1.807) is 11.8 Å². The molecule has 7 heteroatoms. The molecule has 0 spiro atoms. The van der Waals surface area contributed by atoms with Gasteiger partial charge in [-0.3, -0.25) is 9.89 Å². The van der Waals surface area contributed by atoms with Gasteiger partial charge in [0.15, 0.2) is 11.4 Å². The van der Waals surface area contributed by atoms with Gasteiger partial charge in [0, 0.05) is 15.4 Å². The first-order chi connectivity index (χ1) is 12.2. The number of aliphatic imine (C=N–C) groups is 1. The average molecular weight is 364 g/mol. The number of nitrogens with one attached hydrogen (secondary N) is 1. The molecular weight excluding hydrogens is 352 g/mol. The van der Waals surface area contributed by atoms with E-state index in [0.29, 0.717) is 10.9 Å². The van der Waals surface area contributed by atoms with Crippen LogP contribution >= 0.6 is 23.5 Å². The summed E-state index contributed by atoms with van der Waals surface area (Å²) in [6, 6.07) is 17.6. The number of H-pyrrole nitrogens is 1. The van der Waals surface area contributed by atoms with E-state index < -0.39 is 0 Å². The van der Waals surface area contributed by atoms with Gasteiger partial charge in [0.05, 0.1) is 5.69 Å². The lowest BCUT2D eigenvalue weighted by atomic mass is 10.2. The van der Waals surface area contributed by atoms with Crippen LogP contribution < -0.4 is 5.56 Å².